The smallest absolute Gasteiger partial charge is 0.196 e. The summed E-state index contributed by atoms with van der Waals surface area (Å²) < 4.78 is 16.0. The van der Waals surface area contributed by atoms with Crippen molar-refractivity contribution in [3.63, 3.8) is 0 Å². The van der Waals surface area contributed by atoms with Gasteiger partial charge in [0.05, 0.1) is 13.7 Å². The summed E-state index contributed by atoms with van der Waals surface area (Å²) in [5.41, 5.74) is 1.79. The molecule has 9 nitrogen and oxygen atoms in total. The predicted octanol–water partition coefficient (Wildman–Crippen LogP) is 3.47. The number of guanidine groups is 1. The van der Waals surface area contributed by atoms with Gasteiger partial charge in [0.25, 0.3) is 0 Å². The number of benzene rings is 2. The highest BCUT2D eigenvalue weighted by Crippen LogP contribution is 2.19. The van der Waals surface area contributed by atoms with Gasteiger partial charge in [0.15, 0.2) is 11.8 Å². The van der Waals surface area contributed by atoms with Gasteiger partial charge in [-0.1, -0.05) is 6.07 Å². The van der Waals surface area contributed by atoms with Gasteiger partial charge in [0.2, 0.25) is 0 Å². The summed E-state index contributed by atoms with van der Waals surface area (Å²) in [5.74, 6) is 3.52. The zero-order chi connectivity index (χ0) is 22.6. The van der Waals surface area contributed by atoms with Crippen molar-refractivity contribution in [2.75, 3.05) is 39.3 Å². The largest absolute Gasteiger partial charge is 0.497 e. The summed E-state index contributed by atoms with van der Waals surface area (Å²) in [6, 6.07) is 15.4. The third-order valence-corrected chi connectivity index (χ3v) is 4.47. The van der Waals surface area contributed by atoms with Crippen LogP contribution in [0.25, 0.3) is 11.4 Å². The molecule has 0 aliphatic heterocycles. The van der Waals surface area contributed by atoms with E-state index in [1.165, 1.54) is 0 Å². The van der Waals surface area contributed by atoms with E-state index in [-0.39, 0.29) is 0 Å². The summed E-state index contributed by atoms with van der Waals surface area (Å²) in [7, 11) is 3.32. The van der Waals surface area contributed by atoms with E-state index in [1.54, 1.807) is 14.2 Å². The number of hydrogen-bond donors (Lipinski definition) is 3. The monoisotopic (exact) mass is 438 g/mol. The molecule has 9 heteroatoms. The number of aromatic nitrogens is 3. The highest BCUT2D eigenvalue weighted by Gasteiger charge is 2.07. The fourth-order valence-electron chi connectivity index (χ4n) is 2.89. The van der Waals surface area contributed by atoms with Crippen molar-refractivity contribution in [3.05, 3.63) is 54.4 Å². The highest BCUT2D eigenvalue weighted by molar-refractivity contribution is 5.93. The molecule has 0 atom stereocenters. The Balaban J connectivity index is 1.62. The number of aliphatic imine (C=N–C) groups is 1. The van der Waals surface area contributed by atoms with Crippen molar-refractivity contribution in [1.82, 2.24) is 20.5 Å². The van der Waals surface area contributed by atoms with Gasteiger partial charge in [0.1, 0.15) is 23.9 Å². The molecule has 2 aromatic carbocycles. The lowest BCUT2D eigenvalue weighted by Crippen LogP contribution is -2.30. The van der Waals surface area contributed by atoms with Crippen molar-refractivity contribution in [1.29, 1.82) is 0 Å². The Morgan fingerprint density at radius 3 is 2.66 bits per heavy atom. The average molecular weight is 439 g/mol. The standard InChI is InChI=1S/C23H30N6O3/c1-4-24-23(26-18-7-5-8-20(15-18)32-14-6-13-30-2)25-16-21-27-22(29-28-21)17-9-11-19(31-3)12-10-17/h5,7-12,15H,4,6,13-14,16H2,1-3H3,(H2,24,25,26)(H,27,28,29). The third kappa shape index (κ3) is 6.98. The van der Waals surface area contributed by atoms with E-state index in [1.807, 2.05) is 55.5 Å². The van der Waals surface area contributed by atoms with Crippen molar-refractivity contribution in [3.8, 4) is 22.9 Å². The number of ether oxygens (including phenoxy) is 3. The number of nitrogens with zero attached hydrogens (tertiary/aromatic N) is 3. The molecule has 0 radical (unpaired) electrons. The van der Waals surface area contributed by atoms with E-state index in [9.17, 15) is 0 Å². The lowest BCUT2D eigenvalue weighted by Gasteiger charge is -2.12. The van der Waals surface area contributed by atoms with E-state index in [0.29, 0.717) is 37.4 Å². The van der Waals surface area contributed by atoms with Gasteiger partial charge in [-0.05, 0) is 43.3 Å². The first kappa shape index (κ1) is 23.1. The number of rotatable bonds is 11. The van der Waals surface area contributed by atoms with Crippen LogP contribution >= 0.6 is 0 Å². The summed E-state index contributed by atoms with van der Waals surface area (Å²) >= 11 is 0. The topological polar surface area (TPSA) is 106 Å². The molecule has 0 aliphatic rings. The van der Waals surface area contributed by atoms with Gasteiger partial charge in [-0.2, -0.15) is 5.10 Å². The summed E-state index contributed by atoms with van der Waals surface area (Å²) in [4.78, 5) is 9.15. The molecule has 0 amide bonds. The number of anilines is 1. The predicted molar refractivity (Wildman–Crippen MR) is 125 cm³/mol. The second-order valence-electron chi connectivity index (χ2n) is 6.88. The Morgan fingerprint density at radius 1 is 1.06 bits per heavy atom. The molecule has 1 aromatic heterocycles. The first-order valence-electron chi connectivity index (χ1n) is 10.5. The lowest BCUT2D eigenvalue weighted by atomic mass is 10.2. The molecular weight excluding hydrogens is 408 g/mol. The first-order valence-corrected chi connectivity index (χ1v) is 10.5. The zero-order valence-corrected chi connectivity index (χ0v) is 18.7. The van der Waals surface area contributed by atoms with Crippen LogP contribution in [0.15, 0.2) is 53.5 Å². The molecule has 0 bridgehead atoms. The van der Waals surface area contributed by atoms with Gasteiger partial charge in [0, 0.05) is 44.0 Å². The number of nitrogens with one attached hydrogen (secondary N) is 3. The molecule has 0 saturated heterocycles. The molecule has 3 aromatic rings. The zero-order valence-electron chi connectivity index (χ0n) is 18.7. The molecule has 0 unspecified atom stereocenters. The molecule has 0 fully saturated rings. The normalized spacial score (nSPS) is 11.3. The van der Waals surface area contributed by atoms with Crippen LogP contribution in [0, 0.1) is 0 Å². The molecule has 170 valence electrons. The van der Waals surface area contributed by atoms with Gasteiger partial charge in [-0.3, -0.25) is 5.10 Å². The van der Waals surface area contributed by atoms with Gasteiger partial charge < -0.3 is 24.8 Å². The van der Waals surface area contributed by atoms with Crippen LogP contribution in [0.3, 0.4) is 0 Å². The van der Waals surface area contributed by atoms with E-state index < -0.39 is 0 Å². The Hall–Kier alpha value is -3.59. The van der Waals surface area contributed by atoms with Crippen molar-refractivity contribution >= 4 is 11.6 Å². The van der Waals surface area contributed by atoms with Crippen molar-refractivity contribution in [2.45, 2.75) is 19.9 Å². The SMILES string of the molecule is CCNC(=NCc1nc(-c2ccc(OC)cc2)n[nH]1)Nc1cccc(OCCCOC)c1. The van der Waals surface area contributed by atoms with E-state index in [4.69, 9.17) is 14.2 Å². The second kappa shape index (κ2) is 12.3. The average Bonchev–Trinajstić information content (AvgIpc) is 3.30. The third-order valence-electron chi connectivity index (χ3n) is 4.47. The van der Waals surface area contributed by atoms with Crippen LogP contribution in [0.1, 0.15) is 19.2 Å². The molecule has 0 spiro atoms. The van der Waals surface area contributed by atoms with Crippen LogP contribution in [0.2, 0.25) is 0 Å². The quantitative estimate of drug-likeness (QED) is 0.239. The summed E-state index contributed by atoms with van der Waals surface area (Å²) in [6.07, 6.45) is 0.841. The highest BCUT2D eigenvalue weighted by atomic mass is 16.5. The lowest BCUT2D eigenvalue weighted by molar-refractivity contribution is 0.172. The van der Waals surface area contributed by atoms with Crippen molar-refractivity contribution in [2.24, 2.45) is 4.99 Å². The molecular formula is C23H30N6O3. The van der Waals surface area contributed by atoms with Crippen LogP contribution < -0.4 is 20.1 Å². The first-order chi connectivity index (χ1) is 15.7. The van der Waals surface area contributed by atoms with Crippen LogP contribution in [0.4, 0.5) is 5.69 Å². The fourth-order valence-corrected chi connectivity index (χ4v) is 2.89. The maximum atomic E-state index is 5.77. The van der Waals surface area contributed by atoms with Gasteiger partial charge in [-0.15, -0.1) is 0 Å². The van der Waals surface area contributed by atoms with E-state index in [0.717, 1.165) is 35.7 Å². The Bertz CT molecular complexity index is 987. The number of aromatic amines is 1. The molecule has 3 rings (SSSR count). The molecule has 0 saturated carbocycles. The number of hydrogen-bond acceptors (Lipinski definition) is 6. The maximum Gasteiger partial charge on any atom is 0.196 e. The number of methoxy groups -OCH3 is 2. The Morgan fingerprint density at radius 2 is 1.91 bits per heavy atom. The van der Waals surface area contributed by atoms with Crippen LogP contribution in [0.5, 0.6) is 11.5 Å². The maximum absolute atomic E-state index is 5.77. The van der Waals surface area contributed by atoms with E-state index in [2.05, 4.69) is 30.8 Å². The Kier molecular flexibility index (Phi) is 8.88. The molecule has 0 aliphatic carbocycles. The number of H-pyrrole nitrogens is 1. The van der Waals surface area contributed by atoms with Gasteiger partial charge in [-0.25, -0.2) is 9.98 Å². The fraction of sp³-hybridized carbons (Fsp3) is 0.348. The van der Waals surface area contributed by atoms with Gasteiger partial charge >= 0.3 is 0 Å². The molecule has 32 heavy (non-hydrogen) atoms. The van der Waals surface area contributed by atoms with Crippen LogP contribution in [-0.2, 0) is 11.3 Å². The minimum absolute atomic E-state index is 0.353. The summed E-state index contributed by atoms with van der Waals surface area (Å²) in [5, 5.41) is 13.8. The van der Waals surface area contributed by atoms with Crippen LogP contribution in [-0.4, -0.2) is 55.1 Å². The van der Waals surface area contributed by atoms with E-state index >= 15 is 0 Å². The Labute approximate surface area is 188 Å². The van der Waals surface area contributed by atoms with Crippen molar-refractivity contribution < 1.29 is 14.2 Å². The molecule has 3 N–H and O–H groups in total. The second-order valence-corrected chi connectivity index (χ2v) is 6.88. The molecule has 1 heterocycles. The minimum atomic E-state index is 0.353. The minimum Gasteiger partial charge on any atom is -0.497 e. The summed E-state index contributed by atoms with van der Waals surface area (Å²) in [6.45, 7) is 4.38.